The molecule has 2 atom stereocenters. The molecule has 5 heteroatoms. The zero-order chi connectivity index (χ0) is 11.0. The molecule has 0 aromatic heterocycles. The summed E-state index contributed by atoms with van der Waals surface area (Å²) in [5.41, 5.74) is 22.7. The highest BCUT2D eigenvalue weighted by atomic mass is 16.3. The largest absolute Gasteiger partial charge is 0.400 e. The third-order valence-corrected chi connectivity index (χ3v) is 2.55. The second kappa shape index (κ2) is 3.27. The quantitative estimate of drug-likeness (QED) is 0.368. The molecule has 1 aliphatic carbocycles. The lowest BCUT2D eigenvalue weighted by Crippen LogP contribution is -2.53. The molecule has 0 spiro atoms. The van der Waals surface area contributed by atoms with Gasteiger partial charge in [-0.3, -0.25) is 0 Å². The van der Waals surface area contributed by atoms with E-state index in [1.54, 1.807) is 19.1 Å². The summed E-state index contributed by atoms with van der Waals surface area (Å²) in [4.78, 5) is 0. The predicted octanol–water partition coefficient (Wildman–Crippen LogP) is -1.52. The third kappa shape index (κ3) is 1.75. The van der Waals surface area contributed by atoms with Crippen LogP contribution in [0.5, 0.6) is 0 Å². The first kappa shape index (κ1) is 11.0. The molecule has 2 unspecified atom stereocenters. The fourth-order valence-corrected chi connectivity index (χ4v) is 1.46. The highest BCUT2D eigenvalue weighted by Gasteiger charge is 2.35. The molecule has 0 fully saturated rings. The molecule has 0 radical (unpaired) electrons. The number of nitrogens with two attached hydrogens (primary N) is 4. The van der Waals surface area contributed by atoms with E-state index in [2.05, 4.69) is 0 Å². The van der Waals surface area contributed by atoms with Gasteiger partial charge in [0.2, 0.25) is 0 Å². The first-order chi connectivity index (χ1) is 6.32. The van der Waals surface area contributed by atoms with Crippen molar-refractivity contribution in [2.75, 3.05) is 6.61 Å². The smallest absolute Gasteiger partial charge is 0.0781 e. The van der Waals surface area contributed by atoms with Crippen LogP contribution in [-0.2, 0) is 0 Å². The zero-order valence-corrected chi connectivity index (χ0v) is 8.33. The van der Waals surface area contributed by atoms with Gasteiger partial charge in [0, 0.05) is 18.0 Å². The van der Waals surface area contributed by atoms with Crippen LogP contribution in [0.4, 0.5) is 0 Å². The maximum absolute atomic E-state index is 8.85. The summed E-state index contributed by atoms with van der Waals surface area (Å²) in [6.45, 7) is 1.71. The summed E-state index contributed by atoms with van der Waals surface area (Å²) in [7, 11) is 0. The monoisotopic (exact) mass is 198 g/mol. The lowest BCUT2D eigenvalue weighted by molar-refractivity contribution is 0.264. The summed E-state index contributed by atoms with van der Waals surface area (Å²) in [5, 5.41) is 8.85. The van der Waals surface area contributed by atoms with Gasteiger partial charge in [-0.2, -0.15) is 0 Å². The molecule has 5 nitrogen and oxygen atoms in total. The van der Waals surface area contributed by atoms with Gasteiger partial charge in [0.1, 0.15) is 0 Å². The van der Waals surface area contributed by atoms with Crippen LogP contribution in [-0.4, -0.2) is 22.8 Å². The molecule has 1 aliphatic rings. The van der Waals surface area contributed by atoms with E-state index >= 15 is 0 Å². The van der Waals surface area contributed by atoms with E-state index in [1.165, 1.54) is 0 Å². The van der Waals surface area contributed by atoms with Crippen LogP contribution in [0.2, 0.25) is 0 Å². The van der Waals surface area contributed by atoms with Crippen molar-refractivity contribution in [2.45, 2.75) is 24.4 Å². The van der Waals surface area contributed by atoms with E-state index in [4.69, 9.17) is 28.0 Å². The van der Waals surface area contributed by atoms with Crippen molar-refractivity contribution < 1.29 is 5.11 Å². The predicted molar refractivity (Wildman–Crippen MR) is 55.8 cm³/mol. The van der Waals surface area contributed by atoms with Crippen molar-refractivity contribution in [3.05, 3.63) is 23.5 Å². The number of hydrogen-bond acceptors (Lipinski definition) is 5. The maximum Gasteiger partial charge on any atom is 0.0781 e. The van der Waals surface area contributed by atoms with Crippen LogP contribution in [0.25, 0.3) is 0 Å². The minimum absolute atomic E-state index is 0.0455. The average Bonchev–Trinajstić information content (AvgIpc) is 2.01. The first-order valence-corrected chi connectivity index (χ1v) is 4.48. The van der Waals surface area contributed by atoms with E-state index in [9.17, 15) is 0 Å². The Kier molecular flexibility index (Phi) is 2.58. The van der Waals surface area contributed by atoms with Gasteiger partial charge in [-0.15, -0.1) is 0 Å². The topological polar surface area (TPSA) is 124 Å². The maximum atomic E-state index is 8.85. The lowest BCUT2D eigenvalue weighted by atomic mass is 9.80. The van der Waals surface area contributed by atoms with Crippen LogP contribution in [0.15, 0.2) is 23.5 Å². The SMILES string of the molecule is CC1(N)C=C(N)C(N)(CCO)C=C1N. The van der Waals surface area contributed by atoms with Crippen LogP contribution in [0, 0.1) is 0 Å². The van der Waals surface area contributed by atoms with Gasteiger partial charge in [-0.25, -0.2) is 0 Å². The molecule has 0 heterocycles. The molecule has 0 aromatic rings. The fraction of sp³-hybridized carbons (Fsp3) is 0.556. The number of aliphatic hydroxyl groups is 1. The molecule has 9 N–H and O–H groups in total. The molecule has 0 aromatic carbocycles. The molecule has 0 bridgehead atoms. The van der Waals surface area contributed by atoms with E-state index in [0.29, 0.717) is 17.8 Å². The molecular weight excluding hydrogens is 180 g/mol. The Morgan fingerprint density at radius 1 is 1.21 bits per heavy atom. The molecule has 0 amide bonds. The van der Waals surface area contributed by atoms with Gasteiger partial charge >= 0.3 is 0 Å². The van der Waals surface area contributed by atoms with Gasteiger partial charge in [0.25, 0.3) is 0 Å². The number of rotatable bonds is 2. The second-order valence-electron chi connectivity index (χ2n) is 4.00. The first-order valence-electron chi connectivity index (χ1n) is 4.48. The third-order valence-electron chi connectivity index (χ3n) is 2.55. The summed E-state index contributed by atoms with van der Waals surface area (Å²) in [6, 6.07) is 0. The highest BCUT2D eigenvalue weighted by molar-refractivity contribution is 5.41. The summed E-state index contributed by atoms with van der Waals surface area (Å²) >= 11 is 0. The molecule has 80 valence electrons. The van der Waals surface area contributed by atoms with Crippen molar-refractivity contribution in [2.24, 2.45) is 22.9 Å². The summed E-state index contributed by atoms with van der Waals surface area (Å²) in [5.74, 6) is 0. The Labute approximate surface area is 83.4 Å². The van der Waals surface area contributed by atoms with Gasteiger partial charge in [0.15, 0.2) is 0 Å². The zero-order valence-electron chi connectivity index (χ0n) is 8.33. The second-order valence-corrected chi connectivity index (χ2v) is 4.00. The number of hydrogen-bond donors (Lipinski definition) is 5. The Morgan fingerprint density at radius 3 is 2.29 bits per heavy atom. The van der Waals surface area contributed by atoms with Crippen molar-refractivity contribution in [3.8, 4) is 0 Å². The summed E-state index contributed by atoms with van der Waals surface area (Å²) in [6.07, 6.45) is 3.60. The van der Waals surface area contributed by atoms with Crippen molar-refractivity contribution in [3.63, 3.8) is 0 Å². The van der Waals surface area contributed by atoms with Crippen molar-refractivity contribution >= 4 is 0 Å². The van der Waals surface area contributed by atoms with Gasteiger partial charge in [-0.1, -0.05) is 0 Å². The van der Waals surface area contributed by atoms with Gasteiger partial charge < -0.3 is 28.0 Å². The minimum Gasteiger partial charge on any atom is -0.400 e. The number of aliphatic hydroxyl groups excluding tert-OH is 1. The van der Waals surface area contributed by atoms with E-state index < -0.39 is 11.1 Å². The van der Waals surface area contributed by atoms with Gasteiger partial charge in [-0.05, 0) is 25.5 Å². The molecular formula is C9H18N4O. The molecule has 1 rings (SSSR count). The summed E-state index contributed by atoms with van der Waals surface area (Å²) < 4.78 is 0. The molecule has 0 saturated heterocycles. The highest BCUT2D eigenvalue weighted by Crippen LogP contribution is 2.27. The van der Waals surface area contributed by atoms with Crippen LogP contribution < -0.4 is 22.9 Å². The Balaban J connectivity index is 3.05. The minimum atomic E-state index is -0.863. The van der Waals surface area contributed by atoms with Crippen molar-refractivity contribution in [1.29, 1.82) is 0 Å². The van der Waals surface area contributed by atoms with Crippen LogP contribution >= 0.6 is 0 Å². The standard InChI is InChI=1S/C9H18N4O/c1-8(12)4-7(11)9(13,2-3-14)5-6(8)10/h4-5,14H,2-3,10-13H2,1H3. The normalized spacial score (nSPS) is 37.7. The molecule has 0 aliphatic heterocycles. The molecule has 14 heavy (non-hydrogen) atoms. The Morgan fingerprint density at radius 2 is 1.79 bits per heavy atom. The lowest BCUT2D eigenvalue weighted by Gasteiger charge is -2.36. The van der Waals surface area contributed by atoms with E-state index in [0.717, 1.165) is 0 Å². The van der Waals surface area contributed by atoms with Crippen LogP contribution in [0.3, 0.4) is 0 Å². The fourth-order valence-electron chi connectivity index (χ4n) is 1.46. The van der Waals surface area contributed by atoms with Crippen LogP contribution in [0.1, 0.15) is 13.3 Å². The molecule has 0 saturated carbocycles. The van der Waals surface area contributed by atoms with E-state index in [1.807, 2.05) is 0 Å². The Bertz CT molecular complexity index is 295. The van der Waals surface area contributed by atoms with E-state index in [-0.39, 0.29) is 6.61 Å². The Hall–Kier alpha value is -1.04. The van der Waals surface area contributed by atoms with Gasteiger partial charge in [0.05, 0.1) is 11.1 Å². The van der Waals surface area contributed by atoms with Crippen molar-refractivity contribution in [1.82, 2.24) is 0 Å². The average molecular weight is 198 g/mol.